The molecule has 126 valence electrons. The first kappa shape index (κ1) is 16.3. The summed E-state index contributed by atoms with van der Waals surface area (Å²) in [4.78, 5) is 12.6. The molecular formula is C16H18F2N6. The predicted molar refractivity (Wildman–Crippen MR) is 84.7 cm³/mol. The summed E-state index contributed by atoms with van der Waals surface area (Å²) in [5.74, 6) is 1.16. The van der Waals surface area contributed by atoms with Crippen molar-refractivity contribution in [1.82, 2.24) is 19.4 Å². The van der Waals surface area contributed by atoms with Crippen LogP contribution in [0.1, 0.15) is 23.6 Å². The number of nitrogens with zero attached hydrogens (tertiary/aromatic N) is 6. The fourth-order valence-electron chi connectivity index (χ4n) is 2.79. The van der Waals surface area contributed by atoms with Crippen molar-refractivity contribution in [3.05, 3.63) is 41.6 Å². The smallest absolute Gasteiger partial charge is 0.319 e. The standard InChI is InChI=1S/C16H18F2N6/c1-12-2-3-14(21-13(12)10-19)23-8-6-22(7-9-23)11-15-20-4-5-24(15)16(17)18/h2-5,16H,6-9,11H2,1H3. The Bertz CT molecular complexity index is 743. The van der Waals surface area contributed by atoms with E-state index in [9.17, 15) is 8.78 Å². The lowest BCUT2D eigenvalue weighted by molar-refractivity contribution is 0.0637. The van der Waals surface area contributed by atoms with Gasteiger partial charge in [0.2, 0.25) is 0 Å². The molecule has 0 amide bonds. The van der Waals surface area contributed by atoms with Gasteiger partial charge in [0, 0.05) is 38.6 Å². The average molecular weight is 332 g/mol. The molecule has 0 aromatic carbocycles. The third kappa shape index (κ3) is 3.36. The zero-order chi connectivity index (χ0) is 17.1. The van der Waals surface area contributed by atoms with Crippen LogP contribution in [0.4, 0.5) is 14.6 Å². The summed E-state index contributed by atoms with van der Waals surface area (Å²) < 4.78 is 26.6. The Labute approximate surface area is 139 Å². The minimum Gasteiger partial charge on any atom is -0.354 e. The molecule has 0 saturated carbocycles. The number of aromatic nitrogens is 3. The molecule has 3 heterocycles. The first-order valence-corrected chi connectivity index (χ1v) is 7.73. The maximum atomic E-state index is 12.9. The van der Waals surface area contributed by atoms with E-state index in [-0.39, 0.29) is 0 Å². The summed E-state index contributed by atoms with van der Waals surface area (Å²) in [6, 6.07) is 5.91. The van der Waals surface area contributed by atoms with E-state index in [4.69, 9.17) is 5.26 Å². The van der Waals surface area contributed by atoms with Crippen molar-refractivity contribution in [3.8, 4) is 6.07 Å². The number of nitriles is 1. The molecule has 3 rings (SSSR count). The van der Waals surface area contributed by atoms with E-state index in [2.05, 4.69) is 25.8 Å². The Morgan fingerprint density at radius 1 is 1.25 bits per heavy atom. The van der Waals surface area contributed by atoms with Gasteiger partial charge in [-0.3, -0.25) is 9.47 Å². The van der Waals surface area contributed by atoms with Crippen molar-refractivity contribution in [2.24, 2.45) is 0 Å². The van der Waals surface area contributed by atoms with Crippen LogP contribution in [0.15, 0.2) is 24.5 Å². The second-order valence-corrected chi connectivity index (χ2v) is 5.74. The number of aryl methyl sites for hydroxylation is 1. The number of piperazine rings is 1. The van der Waals surface area contributed by atoms with Gasteiger partial charge in [0.25, 0.3) is 0 Å². The van der Waals surface area contributed by atoms with Crippen LogP contribution in [-0.4, -0.2) is 45.6 Å². The lowest BCUT2D eigenvalue weighted by atomic mass is 10.2. The maximum Gasteiger partial charge on any atom is 0.319 e. The maximum absolute atomic E-state index is 12.9. The lowest BCUT2D eigenvalue weighted by Gasteiger charge is -2.35. The van der Waals surface area contributed by atoms with Gasteiger partial charge < -0.3 is 4.90 Å². The molecule has 6 nitrogen and oxygen atoms in total. The van der Waals surface area contributed by atoms with Crippen LogP contribution in [0.3, 0.4) is 0 Å². The molecule has 2 aromatic heterocycles. The van der Waals surface area contributed by atoms with Gasteiger partial charge in [-0.15, -0.1) is 0 Å². The third-order valence-electron chi connectivity index (χ3n) is 4.21. The van der Waals surface area contributed by atoms with Gasteiger partial charge in [0.15, 0.2) is 0 Å². The molecule has 24 heavy (non-hydrogen) atoms. The molecule has 1 fully saturated rings. The van der Waals surface area contributed by atoms with Crippen LogP contribution in [0, 0.1) is 18.3 Å². The molecule has 0 bridgehead atoms. The molecule has 2 aromatic rings. The molecule has 8 heteroatoms. The molecular weight excluding hydrogens is 314 g/mol. The monoisotopic (exact) mass is 332 g/mol. The SMILES string of the molecule is Cc1ccc(N2CCN(Cc3nccn3C(F)F)CC2)nc1C#N. The highest BCUT2D eigenvalue weighted by Gasteiger charge is 2.21. The van der Waals surface area contributed by atoms with Crippen molar-refractivity contribution in [2.75, 3.05) is 31.1 Å². The van der Waals surface area contributed by atoms with Crippen molar-refractivity contribution in [1.29, 1.82) is 5.26 Å². The summed E-state index contributed by atoms with van der Waals surface area (Å²) in [6.45, 7) is 2.62. The number of alkyl halides is 2. The van der Waals surface area contributed by atoms with Crippen LogP contribution in [0.25, 0.3) is 0 Å². The topological polar surface area (TPSA) is 61.0 Å². The summed E-state index contributed by atoms with van der Waals surface area (Å²) in [5.41, 5.74) is 1.30. The van der Waals surface area contributed by atoms with Gasteiger partial charge in [-0.25, -0.2) is 9.97 Å². The highest BCUT2D eigenvalue weighted by molar-refractivity contribution is 5.45. The summed E-state index contributed by atoms with van der Waals surface area (Å²) in [6.07, 6.45) is 2.70. The van der Waals surface area contributed by atoms with E-state index in [0.717, 1.165) is 42.1 Å². The number of hydrogen-bond donors (Lipinski definition) is 0. The van der Waals surface area contributed by atoms with Crippen LogP contribution in [-0.2, 0) is 6.54 Å². The Kier molecular flexibility index (Phi) is 4.71. The van der Waals surface area contributed by atoms with Gasteiger partial charge in [-0.05, 0) is 18.6 Å². The van der Waals surface area contributed by atoms with E-state index in [0.29, 0.717) is 18.1 Å². The largest absolute Gasteiger partial charge is 0.354 e. The average Bonchev–Trinajstić information content (AvgIpc) is 3.04. The first-order chi connectivity index (χ1) is 11.6. The Balaban J connectivity index is 1.62. The van der Waals surface area contributed by atoms with Gasteiger partial charge in [-0.1, -0.05) is 6.07 Å². The summed E-state index contributed by atoms with van der Waals surface area (Å²) >= 11 is 0. The normalized spacial score (nSPS) is 15.7. The molecule has 0 radical (unpaired) electrons. The van der Waals surface area contributed by atoms with Crippen LogP contribution < -0.4 is 4.90 Å². The van der Waals surface area contributed by atoms with Crippen LogP contribution in [0.2, 0.25) is 0 Å². The number of halogens is 2. The van der Waals surface area contributed by atoms with E-state index in [1.807, 2.05) is 19.1 Å². The minimum absolute atomic E-state index is 0.374. The number of anilines is 1. The van der Waals surface area contributed by atoms with E-state index in [1.54, 1.807) is 0 Å². The molecule has 1 aliphatic rings. The van der Waals surface area contributed by atoms with Crippen molar-refractivity contribution >= 4 is 5.82 Å². The second-order valence-electron chi connectivity index (χ2n) is 5.74. The van der Waals surface area contributed by atoms with E-state index in [1.165, 1.54) is 12.4 Å². The zero-order valence-corrected chi connectivity index (χ0v) is 13.4. The third-order valence-corrected chi connectivity index (χ3v) is 4.21. The van der Waals surface area contributed by atoms with E-state index < -0.39 is 6.55 Å². The van der Waals surface area contributed by atoms with Gasteiger partial charge in [0.05, 0.1) is 6.54 Å². The molecule has 1 aliphatic heterocycles. The Hall–Kier alpha value is -2.53. The van der Waals surface area contributed by atoms with Crippen LogP contribution >= 0.6 is 0 Å². The zero-order valence-electron chi connectivity index (χ0n) is 13.4. The number of hydrogen-bond acceptors (Lipinski definition) is 5. The van der Waals surface area contributed by atoms with Crippen molar-refractivity contribution < 1.29 is 8.78 Å². The van der Waals surface area contributed by atoms with Crippen molar-refractivity contribution in [2.45, 2.75) is 20.0 Å². The molecule has 1 saturated heterocycles. The first-order valence-electron chi connectivity index (χ1n) is 7.73. The minimum atomic E-state index is -2.56. The quantitative estimate of drug-likeness (QED) is 0.859. The molecule has 0 spiro atoms. The lowest BCUT2D eigenvalue weighted by Crippen LogP contribution is -2.46. The number of imidazole rings is 1. The Morgan fingerprint density at radius 3 is 2.67 bits per heavy atom. The predicted octanol–water partition coefficient (Wildman–Crippen LogP) is 2.18. The molecule has 0 aliphatic carbocycles. The summed E-state index contributed by atoms with van der Waals surface area (Å²) in [5, 5.41) is 9.09. The van der Waals surface area contributed by atoms with E-state index >= 15 is 0 Å². The number of pyridine rings is 1. The van der Waals surface area contributed by atoms with Crippen molar-refractivity contribution in [3.63, 3.8) is 0 Å². The van der Waals surface area contributed by atoms with Gasteiger partial charge >= 0.3 is 6.55 Å². The number of rotatable bonds is 4. The fourth-order valence-corrected chi connectivity index (χ4v) is 2.79. The van der Waals surface area contributed by atoms with Crippen LogP contribution in [0.5, 0.6) is 0 Å². The Morgan fingerprint density at radius 2 is 2.00 bits per heavy atom. The molecule has 0 unspecified atom stereocenters. The second kappa shape index (κ2) is 6.93. The highest BCUT2D eigenvalue weighted by atomic mass is 19.3. The summed E-state index contributed by atoms with van der Waals surface area (Å²) in [7, 11) is 0. The van der Waals surface area contributed by atoms with Gasteiger partial charge in [-0.2, -0.15) is 14.0 Å². The molecule has 0 N–H and O–H groups in total. The van der Waals surface area contributed by atoms with Gasteiger partial charge in [0.1, 0.15) is 23.4 Å². The molecule has 0 atom stereocenters. The highest BCUT2D eigenvalue weighted by Crippen LogP contribution is 2.18. The fraction of sp³-hybridized carbons (Fsp3) is 0.438.